The first-order valence-electron chi connectivity index (χ1n) is 14.4. The van der Waals surface area contributed by atoms with E-state index in [1.165, 1.54) is 5.56 Å². The van der Waals surface area contributed by atoms with Crippen molar-refractivity contribution < 1.29 is 24.2 Å². The molecule has 8 heteroatoms. The maximum atomic E-state index is 13.4. The highest BCUT2D eigenvalue weighted by Crippen LogP contribution is 2.45. The molecule has 4 rings (SSSR count). The van der Waals surface area contributed by atoms with Gasteiger partial charge in [0.05, 0.1) is 25.2 Å². The van der Waals surface area contributed by atoms with Crippen molar-refractivity contribution in [3.05, 3.63) is 65.7 Å². The van der Waals surface area contributed by atoms with E-state index < -0.39 is 8.32 Å². The maximum absolute atomic E-state index is 13.4. The van der Waals surface area contributed by atoms with E-state index in [0.717, 1.165) is 43.5 Å². The second-order valence-corrected chi connectivity index (χ2v) is 15.7. The maximum Gasteiger partial charge on any atom is 0.226 e. The van der Waals surface area contributed by atoms with E-state index >= 15 is 0 Å². The summed E-state index contributed by atoms with van der Waals surface area (Å²) in [5, 5.41) is 9.59. The normalized spacial score (nSPS) is 23.7. The summed E-state index contributed by atoms with van der Waals surface area (Å²) >= 11 is 0. The summed E-state index contributed by atoms with van der Waals surface area (Å²) in [5.41, 5.74) is 3.12. The van der Waals surface area contributed by atoms with Crippen LogP contribution in [0.4, 0.5) is 5.69 Å². The largest absolute Gasteiger partial charge is 0.432 e. The summed E-state index contributed by atoms with van der Waals surface area (Å²) < 4.78 is 6.53. The molecule has 212 valence electrons. The Labute approximate surface area is 233 Å². The first-order chi connectivity index (χ1) is 18.7. The SMILES string of the molecule is C[C@@H]1[C@@H]([Si](C)(C)O)[C@H](CC(=O)N(CCO)Cc2ccccc2)O[C@@H]1CCc1ccc(N2CCCCC2=O)cc1. The highest BCUT2D eigenvalue weighted by molar-refractivity contribution is 6.71. The lowest BCUT2D eigenvalue weighted by Crippen LogP contribution is -2.42. The minimum absolute atomic E-state index is 0.0458. The fourth-order valence-electron chi connectivity index (χ4n) is 6.36. The number of aliphatic hydroxyl groups is 1. The van der Waals surface area contributed by atoms with Gasteiger partial charge in [0.2, 0.25) is 11.8 Å². The standard InChI is InChI=1S/C31H44N2O5Si/c1-23-27(17-14-24-12-15-26(16-13-24)33-18-8-7-11-29(33)35)38-28(31(23)39(2,3)37)21-30(36)32(19-20-34)22-25-9-5-4-6-10-25/h4-6,9-10,12-13,15-16,23,27-28,31,34,37H,7-8,11,14,17-22H2,1-3H3/t23-,27+,28-,31+/m0/s1. The van der Waals surface area contributed by atoms with Crippen LogP contribution in [0.5, 0.6) is 0 Å². The van der Waals surface area contributed by atoms with E-state index in [9.17, 15) is 19.5 Å². The number of hydrogen-bond donors (Lipinski definition) is 2. The Morgan fingerprint density at radius 1 is 1.05 bits per heavy atom. The summed E-state index contributed by atoms with van der Waals surface area (Å²) in [6.07, 6.45) is 4.09. The Kier molecular flexibility index (Phi) is 9.99. The molecule has 0 saturated carbocycles. The van der Waals surface area contributed by atoms with Crippen LogP contribution in [0.15, 0.2) is 54.6 Å². The molecule has 7 nitrogen and oxygen atoms in total. The van der Waals surface area contributed by atoms with Crippen molar-refractivity contribution in [3.63, 3.8) is 0 Å². The zero-order valence-corrected chi connectivity index (χ0v) is 24.6. The minimum Gasteiger partial charge on any atom is -0.432 e. The number of ether oxygens (including phenoxy) is 1. The van der Waals surface area contributed by atoms with Crippen molar-refractivity contribution in [2.45, 2.75) is 82.8 Å². The monoisotopic (exact) mass is 552 g/mol. The van der Waals surface area contributed by atoms with E-state index in [0.29, 0.717) is 13.0 Å². The molecule has 0 unspecified atom stereocenters. The molecule has 0 aliphatic carbocycles. The van der Waals surface area contributed by atoms with Crippen LogP contribution in [0.2, 0.25) is 18.6 Å². The van der Waals surface area contributed by atoms with Gasteiger partial charge in [-0.2, -0.15) is 0 Å². The van der Waals surface area contributed by atoms with E-state index in [4.69, 9.17) is 4.74 Å². The number of benzene rings is 2. The van der Waals surface area contributed by atoms with Crippen molar-refractivity contribution in [2.75, 3.05) is 24.6 Å². The van der Waals surface area contributed by atoms with Crippen molar-refractivity contribution >= 4 is 25.8 Å². The van der Waals surface area contributed by atoms with Gasteiger partial charge in [-0.25, -0.2) is 0 Å². The number of aliphatic hydroxyl groups excluding tert-OH is 1. The Morgan fingerprint density at radius 3 is 2.41 bits per heavy atom. The molecule has 2 fully saturated rings. The van der Waals surface area contributed by atoms with Gasteiger partial charge in [0.1, 0.15) is 0 Å². The van der Waals surface area contributed by atoms with Gasteiger partial charge in [0.15, 0.2) is 8.32 Å². The van der Waals surface area contributed by atoms with Crippen LogP contribution < -0.4 is 4.90 Å². The molecular weight excluding hydrogens is 508 g/mol. The number of amides is 2. The third-order valence-electron chi connectivity index (χ3n) is 8.32. The van der Waals surface area contributed by atoms with Crippen LogP contribution in [0.1, 0.15) is 50.2 Å². The third kappa shape index (κ3) is 7.57. The number of carbonyl (C=O) groups excluding carboxylic acids is 2. The summed E-state index contributed by atoms with van der Waals surface area (Å²) in [4.78, 5) is 40.4. The number of carbonyl (C=O) groups is 2. The summed E-state index contributed by atoms with van der Waals surface area (Å²) in [7, 11) is -2.61. The smallest absolute Gasteiger partial charge is 0.226 e. The predicted molar refractivity (Wildman–Crippen MR) is 156 cm³/mol. The number of rotatable bonds is 11. The Hall–Kier alpha value is -2.52. The first kappa shape index (κ1) is 29.5. The van der Waals surface area contributed by atoms with Crippen LogP contribution in [-0.4, -0.2) is 66.8 Å². The average Bonchev–Trinajstić information content (AvgIpc) is 3.23. The fraction of sp³-hybridized carbons (Fsp3) is 0.548. The van der Waals surface area contributed by atoms with Gasteiger partial charge in [-0.15, -0.1) is 0 Å². The van der Waals surface area contributed by atoms with E-state index in [-0.39, 0.29) is 55.1 Å². The van der Waals surface area contributed by atoms with Gasteiger partial charge >= 0.3 is 0 Å². The van der Waals surface area contributed by atoms with Crippen LogP contribution in [0.3, 0.4) is 0 Å². The molecule has 0 radical (unpaired) electrons. The van der Waals surface area contributed by atoms with Gasteiger partial charge < -0.3 is 24.4 Å². The topological polar surface area (TPSA) is 90.3 Å². The average molecular weight is 553 g/mol. The van der Waals surface area contributed by atoms with Gasteiger partial charge in [-0.05, 0) is 68.0 Å². The Bertz CT molecular complexity index is 1090. The molecule has 4 atom stereocenters. The molecule has 2 heterocycles. The molecule has 0 bridgehead atoms. The summed E-state index contributed by atoms with van der Waals surface area (Å²) in [6, 6.07) is 18.0. The highest BCUT2D eigenvalue weighted by Gasteiger charge is 2.50. The second kappa shape index (κ2) is 13.2. The molecular formula is C31H44N2O5Si. The van der Waals surface area contributed by atoms with Crippen molar-refractivity contribution in [1.29, 1.82) is 0 Å². The molecule has 2 aliphatic heterocycles. The van der Waals surface area contributed by atoms with Crippen LogP contribution in [0, 0.1) is 5.92 Å². The van der Waals surface area contributed by atoms with Crippen LogP contribution >= 0.6 is 0 Å². The number of hydrogen-bond acceptors (Lipinski definition) is 5. The van der Waals surface area contributed by atoms with Crippen LogP contribution in [-0.2, 0) is 27.3 Å². The van der Waals surface area contributed by atoms with Gasteiger partial charge in [-0.3, -0.25) is 9.59 Å². The fourth-order valence-corrected chi connectivity index (χ4v) is 8.96. The van der Waals surface area contributed by atoms with Gasteiger partial charge in [-0.1, -0.05) is 49.4 Å². The lowest BCUT2D eigenvalue weighted by Gasteiger charge is -2.31. The number of piperidine rings is 1. The Morgan fingerprint density at radius 2 is 1.77 bits per heavy atom. The number of aryl methyl sites for hydroxylation is 1. The lowest BCUT2D eigenvalue weighted by molar-refractivity contribution is -0.135. The number of anilines is 1. The second-order valence-electron chi connectivity index (χ2n) is 11.7. The van der Waals surface area contributed by atoms with E-state index in [1.807, 2.05) is 60.5 Å². The molecule has 0 aromatic heterocycles. The third-order valence-corrected chi connectivity index (χ3v) is 10.9. The zero-order valence-electron chi connectivity index (χ0n) is 23.6. The minimum atomic E-state index is -2.61. The van der Waals surface area contributed by atoms with E-state index in [2.05, 4.69) is 19.1 Å². The first-order valence-corrected chi connectivity index (χ1v) is 17.4. The predicted octanol–water partition coefficient (Wildman–Crippen LogP) is 4.52. The molecule has 2 aliphatic rings. The Balaban J connectivity index is 1.39. The molecule has 2 N–H and O–H groups in total. The van der Waals surface area contributed by atoms with E-state index in [1.54, 1.807) is 4.90 Å². The van der Waals surface area contributed by atoms with Crippen molar-refractivity contribution in [3.8, 4) is 0 Å². The molecule has 2 aromatic rings. The lowest BCUT2D eigenvalue weighted by atomic mass is 9.95. The molecule has 39 heavy (non-hydrogen) atoms. The molecule has 2 amide bonds. The zero-order chi connectivity index (χ0) is 28.0. The van der Waals surface area contributed by atoms with Crippen molar-refractivity contribution in [2.24, 2.45) is 5.92 Å². The molecule has 2 saturated heterocycles. The number of nitrogens with zero attached hydrogens (tertiary/aromatic N) is 2. The highest BCUT2D eigenvalue weighted by atomic mass is 28.4. The molecule has 0 spiro atoms. The van der Waals surface area contributed by atoms with Crippen LogP contribution in [0.25, 0.3) is 0 Å². The summed E-state index contributed by atoms with van der Waals surface area (Å²) in [6.45, 7) is 7.41. The summed E-state index contributed by atoms with van der Waals surface area (Å²) in [5.74, 6) is 0.280. The van der Waals surface area contributed by atoms with Gasteiger partial charge in [0, 0.05) is 37.3 Å². The quantitative estimate of drug-likeness (QED) is 0.400. The van der Waals surface area contributed by atoms with Gasteiger partial charge in [0.25, 0.3) is 0 Å². The molecule has 2 aromatic carbocycles. The van der Waals surface area contributed by atoms with Crippen molar-refractivity contribution in [1.82, 2.24) is 4.90 Å².